The molecule has 2 heterocycles. The summed E-state index contributed by atoms with van der Waals surface area (Å²) >= 11 is 0. The summed E-state index contributed by atoms with van der Waals surface area (Å²) in [5.41, 5.74) is 3.88. The van der Waals surface area contributed by atoms with Gasteiger partial charge in [-0.05, 0) is 43.5 Å². The number of anilines is 4. The molecule has 0 radical (unpaired) electrons. The van der Waals surface area contributed by atoms with Crippen molar-refractivity contribution in [3.63, 3.8) is 0 Å². The number of fused-ring (bicyclic) bond motifs is 1. The van der Waals surface area contributed by atoms with E-state index in [4.69, 9.17) is 0 Å². The molecule has 1 aliphatic heterocycles. The molecule has 136 valence electrons. The minimum atomic E-state index is -0.414. The van der Waals surface area contributed by atoms with E-state index in [-0.39, 0.29) is 11.5 Å². The molecule has 4 rings (SSSR count). The molecule has 1 N–H and O–H groups in total. The van der Waals surface area contributed by atoms with Crippen LogP contribution in [0.25, 0.3) is 0 Å². The van der Waals surface area contributed by atoms with Gasteiger partial charge in [-0.2, -0.15) is 0 Å². The number of nitrogens with one attached hydrogen (secondary N) is 1. The molecular weight excluding hydrogens is 342 g/mol. The average molecular weight is 361 g/mol. The first kappa shape index (κ1) is 17.0. The van der Waals surface area contributed by atoms with Crippen molar-refractivity contribution in [3.05, 3.63) is 76.1 Å². The topological polar surface area (TPSA) is 84.2 Å². The molecule has 3 aromatic rings. The summed E-state index contributed by atoms with van der Waals surface area (Å²) in [6.07, 6.45) is 3.25. The summed E-state index contributed by atoms with van der Waals surface area (Å²) in [6, 6.07) is 15.6. The highest BCUT2D eigenvalue weighted by Crippen LogP contribution is 2.40. The van der Waals surface area contributed by atoms with Crippen LogP contribution in [0.4, 0.5) is 28.7 Å². The number of para-hydroxylation sites is 1. The van der Waals surface area contributed by atoms with Crippen molar-refractivity contribution in [1.82, 2.24) is 9.97 Å². The monoisotopic (exact) mass is 361 g/mol. The molecule has 0 fully saturated rings. The Morgan fingerprint density at radius 2 is 1.89 bits per heavy atom. The second-order valence-electron chi connectivity index (χ2n) is 6.53. The highest BCUT2D eigenvalue weighted by atomic mass is 16.6. The minimum absolute atomic E-state index is 0.116. The largest absolute Gasteiger partial charge is 0.354 e. The van der Waals surface area contributed by atoms with Gasteiger partial charge in [-0.3, -0.25) is 10.1 Å². The summed E-state index contributed by atoms with van der Waals surface area (Å²) in [7, 11) is 0. The van der Waals surface area contributed by atoms with Crippen LogP contribution in [0.15, 0.2) is 54.9 Å². The Kier molecular flexibility index (Phi) is 4.42. The number of benzene rings is 2. The molecule has 1 aliphatic rings. The molecule has 27 heavy (non-hydrogen) atoms. The third kappa shape index (κ3) is 3.31. The van der Waals surface area contributed by atoms with E-state index in [2.05, 4.69) is 21.4 Å². The van der Waals surface area contributed by atoms with Gasteiger partial charge < -0.3 is 10.2 Å². The van der Waals surface area contributed by atoms with Crippen LogP contribution in [0.1, 0.15) is 17.5 Å². The Bertz CT molecular complexity index is 988. The van der Waals surface area contributed by atoms with E-state index < -0.39 is 4.92 Å². The smallest absolute Gasteiger partial charge is 0.334 e. The maximum Gasteiger partial charge on any atom is 0.354 e. The quantitative estimate of drug-likeness (QED) is 0.543. The molecule has 0 atom stereocenters. The van der Waals surface area contributed by atoms with Crippen molar-refractivity contribution in [2.75, 3.05) is 16.8 Å². The molecular formula is C20H19N5O2. The zero-order valence-corrected chi connectivity index (χ0v) is 14.9. The van der Waals surface area contributed by atoms with Crippen LogP contribution in [0, 0.1) is 17.0 Å². The summed E-state index contributed by atoms with van der Waals surface area (Å²) in [4.78, 5) is 21.8. The molecule has 2 aromatic carbocycles. The van der Waals surface area contributed by atoms with Gasteiger partial charge in [-0.1, -0.05) is 35.9 Å². The Hall–Kier alpha value is -3.48. The molecule has 0 spiro atoms. The molecule has 0 saturated carbocycles. The highest BCUT2D eigenvalue weighted by Gasteiger charge is 2.30. The van der Waals surface area contributed by atoms with Gasteiger partial charge in [-0.25, -0.2) is 9.97 Å². The maximum atomic E-state index is 11.9. The van der Waals surface area contributed by atoms with Crippen molar-refractivity contribution in [2.45, 2.75) is 19.8 Å². The van der Waals surface area contributed by atoms with E-state index in [1.165, 1.54) is 11.9 Å². The zero-order chi connectivity index (χ0) is 18.8. The molecule has 0 aliphatic carbocycles. The Morgan fingerprint density at radius 3 is 2.67 bits per heavy atom. The van der Waals surface area contributed by atoms with Gasteiger partial charge in [0.1, 0.15) is 6.33 Å². The molecule has 7 heteroatoms. The number of hydrogen-bond donors (Lipinski definition) is 1. The predicted molar refractivity (Wildman–Crippen MR) is 105 cm³/mol. The number of rotatable bonds is 4. The predicted octanol–water partition coefficient (Wildman–Crippen LogP) is 4.52. The second kappa shape index (κ2) is 7.03. The second-order valence-corrected chi connectivity index (χ2v) is 6.53. The van der Waals surface area contributed by atoms with Crippen molar-refractivity contribution in [2.24, 2.45) is 0 Å². The lowest BCUT2D eigenvalue weighted by atomic mass is 10.0. The van der Waals surface area contributed by atoms with E-state index in [0.717, 1.165) is 29.8 Å². The van der Waals surface area contributed by atoms with Crippen LogP contribution in [0.3, 0.4) is 0 Å². The molecule has 0 bridgehead atoms. The van der Waals surface area contributed by atoms with Gasteiger partial charge in [-0.15, -0.1) is 0 Å². The lowest BCUT2D eigenvalue weighted by Gasteiger charge is -2.30. The van der Waals surface area contributed by atoms with Gasteiger partial charge in [0, 0.05) is 17.9 Å². The third-order valence-corrected chi connectivity index (χ3v) is 4.67. The first-order valence-corrected chi connectivity index (χ1v) is 8.82. The fourth-order valence-corrected chi connectivity index (χ4v) is 3.35. The zero-order valence-electron chi connectivity index (χ0n) is 14.9. The van der Waals surface area contributed by atoms with E-state index in [9.17, 15) is 10.1 Å². The Balaban J connectivity index is 1.78. The van der Waals surface area contributed by atoms with Crippen molar-refractivity contribution >= 4 is 28.7 Å². The SMILES string of the molecule is Cc1ccc(Nc2ncnc(N3CCCc4ccccc43)c2[N+](=O)[O-])cc1. The van der Waals surface area contributed by atoms with Crippen LogP contribution in [-0.2, 0) is 6.42 Å². The number of nitro groups is 1. The maximum absolute atomic E-state index is 11.9. The lowest BCUT2D eigenvalue weighted by molar-refractivity contribution is -0.383. The summed E-state index contributed by atoms with van der Waals surface area (Å²) in [6.45, 7) is 2.67. The Morgan fingerprint density at radius 1 is 1.11 bits per heavy atom. The van der Waals surface area contributed by atoms with Gasteiger partial charge in [0.2, 0.25) is 11.6 Å². The lowest BCUT2D eigenvalue weighted by Crippen LogP contribution is -2.26. The van der Waals surface area contributed by atoms with Gasteiger partial charge in [0.05, 0.1) is 4.92 Å². The third-order valence-electron chi connectivity index (χ3n) is 4.67. The number of aromatic nitrogens is 2. The first-order valence-electron chi connectivity index (χ1n) is 8.82. The van der Waals surface area contributed by atoms with Gasteiger partial charge >= 0.3 is 5.69 Å². The molecule has 0 saturated heterocycles. The van der Waals surface area contributed by atoms with Crippen molar-refractivity contribution in [3.8, 4) is 0 Å². The van der Waals surface area contributed by atoms with Gasteiger partial charge in [0.15, 0.2) is 0 Å². The standard InChI is InChI=1S/C20H19N5O2/c1-14-8-10-16(11-9-14)23-19-18(25(26)27)20(22-13-21-19)24-12-4-6-15-5-2-3-7-17(15)24/h2-3,5,7-11,13H,4,6,12H2,1H3,(H,21,22,23). The van der Waals surface area contributed by atoms with Crippen LogP contribution in [0.2, 0.25) is 0 Å². The van der Waals surface area contributed by atoms with E-state index in [1.807, 2.05) is 54.3 Å². The van der Waals surface area contributed by atoms with Crippen LogP contribution in [0.5, 0.6) is 0 Å². The number of aryl methyl sites for hydroxylation is 2. The molecule has 1 aromatic heterocycles. The summed E-state index contributed by atoms with van der Waals surface area (Å²) < 4.78 is 0. The van der Waals surface area contributed by atoms with E-state index in [1.54, 1.807) is 0 Å². The van der Waals surface area contributed by atoms with E-state index in [0.29, 0.717) is 12.4 Å². The fraction of sp³-hybridized carbons (Fsp3) is 0.200. The van der Waals surface area contributed by atoms with Crippen LogP contribution in [-0.4, -0.2) is 21.4 Å². The fourth-order valence-electron chi connectivity index (χ4n) is 3.35. The molecule has 7 nitrogen and oxygen atoms in total. The van der Waals surface area contributed by atoms with Crippen LogP contribution < -0.4 is 10.2 Å². The first-order chi connectivity index (χ1) is 13.1. The molecule has 0 amide bonds. The Labute approximate surface area is 156 Å². The molecule has 0 unspecified atom stereocenters. The highest BCUT2D eigenvalue weighted by molar-refractivity contribution is 5.79. The van der Waals surface area contributed by atoms with E-state index >= 15 is 0 Å². The summed E-state index contributed by atoms with van der Waals surface area (Å²) in [5.74, 6) is 0.508. The summed E-state index contributed by atoms with van der Waals surface area (Å²) in [5, 5.41) is 15.0. The van der Waals surface area contributed by atoms with Crippen molar-refractivity contribution in [1.29, 1.82) is 0 Å². The number of hydrogen-bond acceptors (Lipinski definition) is 6. The van der Waals surface area contributed by atoms with Crippen LogP contribution >= 0.6 is 0 Å². The number of nitrogens with zero attached hydrogens (tertiary/aromatic N) is 4. The van der Waals surface area contributed by atoms with Crippen molar-refractivity contribution < 1.29 is 4.92 Å². The normalized spacial score (nSPS) is 13.1. The van der Waals surface area contributed by atoms with Gasteiger partial charge in [0.25, 0.3) is 0 Å². The average Bonchev–Trinajstić information content (AvgIpc) is 2.69. The minimum Gasteiger partial charge on any atom is -0.334 e.